The van der Waals surface area contributed by atoms with Crippen LogP contribution in [0.15, 0.2) is 54.6 Å². The second-order valence-corrected chi connectivity index (χ2v) is 12.2. The number of phenolic OH excluding ortho intramolecular Hbond substituents is 1. The fraction of sp³-hybridized carbons (Fsp3) is 0.471. The molecule has 5 amide bonds. The number of phenols is 1. The lowest BCUT2D eigenvalue weighted by Crippen LogP contribution is -2.57. The molecule has 0 aliphatic heterocycles. The van der Waals surface area contributed by atoms with E-state index < -0.39 is 72.8 Å². The number of carboxylic acids is 1. The Balaban J connectivity index is 2.01. The van der Waals surface area contributed by atoms with E-state index in [2.05, 4.69) is 26.6 Å². The number of hydrogen-bond acceptors (Lipinski definition) is 9. The molecule has 0 aliphatic carbocycles. The number of nitrogens with two attached hydrogens (primary N) is 2. The highest BCUT2D eigenvalue weighted by molar-refractivity contribution is 5.94. The molecule has 49 heavy (non-hydrogen) atoms. The van der Waals surface area contributed by atoms with Crippen LogP contribution in [0.1, 0.15) is 50.7 Å². The van der Waals surface area contributed by atoms with E-state index in [-0.39, 0.29) is 37.4 Å². The van der Waals surface area contributed by atoms with Crippen LogP contribution in [0.2, 0.25) is 0 Å². The molecule has 11 N–H and O–H groups in total. The molecule has 0 fully saturated rings. The van der Waals surface area contributed by atoms with E-state index in [1.54, 1.807) is 42.5 Å². The van der Waals surface area contributed by atoms with Gasteiger partial charge in [-0.05, 0) is 67.8 Å². The highest BCUT2D eigenvalue weighted by atomic mass is 16.4. The Hall–Kier alpha value is -5.02. The number of nitrogens with one attached hydrogen (secondary N) is 5. The Labute approximate surface area is 286 Å². The fourth-order valence-electron chi connectivity index (χ4n) is 4.82. The van der Waals surface area contributed by atoms with Gasteiger partial charge >= 0.3 is 5.97 Å². The van der Waals surface area contributed by atoms with E-state index in [9.17, 15) is 39.0 Å². The zero-order valence-corrected chi connectivity index (χ0v) is 27.9. The van der Waals surface area contributed by atoms with Gasteiger partial charge in [0.2, 0.25) is 29.5 Å². The van der Waals surface area contributed by atoms with Gasteiger partial charge in [-0.1, -0.05) is 56.3 Å². The Morgan fingerprint density at radius 2 is 1.29 bits per heavy atom. The number of amides is 5. The van der Waals surface area contributed by atoms with Crippen LogP contribution >= 0.6 is 0 Å². The van der Waals surface area contributed by atoms with E-state index in [0.29, 0.717) is 24.9 Å². The quantitative estimate of drug-likeness (QED) is 0.0759. The third kappa shape index (κ3) is 15.6. The van der Waals surface area contributed by atoms with Crippen LogP contribution in [0.3, 0.4) is 0 Å². The van der Waals surface area contributed by atoms with Crippen molar-refractivity contribution in [2.24, 2.45) is 17.4 Å². The van der Waals surface area contributed by atoms with Gasteiger partial charge in [0, 0.05) is 6.42 Å². The first-order chi connectivity index (χ1) is 23.3. The first-order valence-electron chi connectivity index (χ1n) is 16.2. The van der Waals surface area contributed by atoms with Crippen LogP contribution in [0, 0.1) is 5.92 Å². The van der Waals surface area contributed by atoms with E-state index in [1.807, 2.05) is 13.8 Å². The van der Waals surface area contributed by atoms with Crippen LogP contribution in [-0.4, -0.2) is 89.5 Å². The number of carbonyl (C=O) groups excluding carboxylic acids is 5. The first kappa shape index (κ1) is 40.2. The second-order valence-electron chi connectivity index (χ2n) is 12.2. The average Bonchev–Trinajstić information content (AvgIpc) is 3.06. The van der Waals surface area contributed by atoms with Crippen molar-refractivity contribution < 1.29 is 39.0 Å². The average molecular weight is 684 g/mol. The lowest BCUT2D eigenvalue weighted by molar-refractivity contribution is -0.142. The van der Waals surface area contributed by atoms with Crippen molar-refractivity contribution in [3.8, 4) is 5.75 Å². The molecule has 268 valence electrons. The van der Waals surface area contributed by atoms with Gasteiger partial charge in [-0.15, -0.1) is 0 Å². The minimum Gasteiger partial charge on any atom is -0.508 e. The van der Waals surface area contributed by atoms with Gasteiger partial charge in [0.15, 0.2) is 0 Å². The van der Waals surface area contributed by atoms with Gasteiger partial charge in [-0.3, -0.25) is 24.0 Å². The van der Waals surface area contributed by atoms with Gasteiger partial charge in [0.25, 0.3) is 0 Å². The zero-order valence-electron chi connectivity index (χ0n) is 27.9. The van der Waals surface area contributed by atoms with Crippen LogP contribution in [0.25, 0.3) is 0 Å². The second kappa shape index (κ2) is 21.1. The zero-order chi connectivity index (χ0) is 36.3. The SMILES string of the molecule is CC(C)C[C@H](NC(=O)[C@H](Cc1ccccc1)NC(=O)CNC(=O)CNC(=O)[C@@H](N)Cc1ccc(O)cc1)C(=O)N[C@@H](CCCCN)C(=O)O. The van der Waals surface area contributed by atoms with Crippen molar-refractivity contribution in [2.75, 3.05) is 19.6 Å². The minimum atomic E-state index is -1.20. The molecule has 15 nitrogen and oxygen atoms in total. The van der Waals surface area contributed by atoms with Crippen molar-refractivity contribution in [1.82, 2.24) is 26.6 Å². The number of carboxylic acid groups (broad SMARTS) is 1. The molecule has 2 aromatic rings. The van der Waals surface area contributed by atoms with Gasteiger partial charge in [0.1, 0.15) is 23.9 Å². The summed E-state index contributed by atoms with van der Waals surface area (Å²) in [5, 5.41) is 31.6. The molecule has 2 aromatic carbocycles. The van der Waals surface area contributed by atoms with Crippen LogP contribution in [0.5, 0.6) is 5.75 Å². The highest BCUT2D eigenvalue weighted by Crippen LogP contribution is 2.12. The van der Waals surface area contributed by atoms with E-state index in [1.165, 1.54) is 12.1 Å². The summed E-state index contributed by atoms with van der Waals surface area (Å²) in [6, 6.07) is 10.7. The van der Waals surface area contributed by atoms with Gasteiger partial charge in [-0.2, -0.15) is 0 Å². The summed E-state index contributed by atoms with van der Waals surface area (Å²) in [5.41, 5.74) is 12.9. The third-order valence-corrected chi connectivity index (χ3v) is 7.43. The number of rotatable bonds is 21. The molecule has 0 unspecified atom stereocenters. The van der Waals surface area contributed by atoms with Crippen LogP contribution in [-0.2, 0) is 41.6 Å². The standard InChI is InChI=1S/C34H49N7O8/c1-21(2)16-27(32(46)40-26(34(48)49)10-6-7-15-35)41-33(47)28(18-22-8-4-3-5-9-22)39-30(44)20-37-29(43)19-38-31(45)25(36)17-23-11-13-24(42)14-12-23/h3-5,8-9,11-14,21,25-28,42H,6-7,10,15-20,35-36H2,1-2H3,(H,37,43)(H,38,45)(H,39,44)(H,40,46)(H,41,47)(H,48,49)/t25-,26-,27-,28-/m0/s1. The summed E-state index contributed by atoms with van der Waals surface area (Å²) < 4.78 is 0. The number of aromatic hydroxyl groups is 1. The van der Waals surface area contributed by atoms with E-state index in [0.717, 1.165) is 5.56 Å². The maximum atomic E-state index is 13.5. The number of carbonyl (C=O) groups is 6. The van der Waals surface area contributed by atoms with E-state index >= 15 is 0 Å². The number of hydrogen-bond donors (Lipinski definition) is 9. The third-order valence-electron chi connectivity index (χ3n) is 7.43. The lowest BCUT2D eigenvalue weighted by atomic mass is 10.0. The van der Waals surface area contributed by atoms with Crippen molar-refractivity contribution >= 4 is 35.5 Å². The lowest BCUT2D eigenvalue weighted by Gasteiger charge is -2.25. The first-order valence-corrected chi connectivity index (χ1v) is 16.2. The highest BCUT2D eigenvalue weighted by Gasteiger charge is 2.30. The number of benzene rings is 2. The van der Waals surface area contributed by atoms with Crippen molar-refractivity contribution in [3.05, 3.63) is 65.7 Å². The van der Waals surface area contributed by atoms with E-state index in [4.69, 9.17) is 11.5 Å². The molecule has 2 rings (SSSR count). The Morgan fingerprint density at radius 1 is 0.694 bits per heavy atom. The maximum Gasteiger partial charge on any atom is 0.326 e. The number of unbranched alkanes of at least 4 members (excludes halogenated alkanes) is 1. The smallest absolute Gasteiger partial charge is 0.326 e. The van der Waals surface area contributed by atoms with Crippen LogP contribution < -0.4 is 38.1 Å². The summed E-state index contributed by atoms with van der Waals surface area (Å²) in [4.78, 5) is 76.1. The van der Waals surface area contributed by atoms with Crippen molar-refractivity contribution in [3.63, 3.8) is 0 Å². The Kier molecular flexibility index (Phi) is 17.3. The molecule has 15 heteroatoms. The number of aliphatic carboxylic acids is 1. The predicted molar refractivity (Wildman–Crippen MR) is 182 cm³/mol. The van der Waals surface area contributed by atoms with Gasteiger partial charge < -0.3 is 48.3 Å². The molecule has 4 atom stereocenters. The molecule has 0 bridgehead atoms. The molecule has 0 aliphatic rings. The maximum absolute atomic E-state index is 13.5. The van der Waals surface area contributed by atoms with Crippen LogP contribution in [0.4, 0.5) is 0 Å². The Bertz CT molecular complexity index is 1390. The largest absolute Gasteiger partial charge is 0.508 e. The van der Waals surface area contributed by atoms with Gasteiger partial charge in [0.05, 0.1) is 19.1 Å². The topological polar surface area (TPSA) is 255 Å². The molecule has 0 aromatic heterocycles. The molecular formula is C34H49N7O8. The molecule has 0 heterocycles. The minimum absolute atomic E-state index is 0.0446. The summed E-state index contributed by atoms with van der Waals surface area (Å²) in [6.07, 6.45) is 1.72. The Morgan fingerprint density at radius 3 is 1.90 bits per heavy atom. The molecule has 0 saturated carbocycles. The molecule has 0 saturated heterocycles. The van der Waals surface area contributed by atoms with Crippen molar-refractivity contribution in [1.29, 1.82) is 0 Å². The molecule has 0 radical (unpaired) electrons. The normalized spacial score (nSPS) is 13.3. The summed E-state index contributed by atoms with van der Waals surface area (Å²) in [5.74, 6) is -4.46. The van der Waals surface area contributed by atoms with Gasteiger partial charge in [-0.25, -0.2) is 4.79 Å². The summed E-state index contributed by atoms with van der Waals surface area (Å²) >= 11 is 0. The summed E-state index contributed by atoms with van der Waals surface area (Å²) in [6.45, 7) is 3.13. The van der Waals surface area contributed by atoms with Crippen molar-refractivity contribution in [2.45, 2.75) is 76.5 Å². The fourth-order valence-corrected chi connectivity index (χ4v) is 4.82. The molecule has 0 spiro atoms. The summed E-state index contributed by atoms with van der Waals surface area (Å²) in [7, 11) is 0. The monoisotopic (exact) mass is 683 g/mol. The predicted octanol–water partition coefficient (Wildman–Crippen LogP) is -0.549. The molecular weight excluding hydrogens is 634 g/mol.